The molecular weight excluding hydrogens is 215 g/mol. The summed E-state index contributed by atoms with van der Waals surface area (Å²) >= 11 is 0. The summed E-state index contributed by atoms with van der Waals surface area (Å²) in [4.78, 5) is 11.7. The summed E-state index contributed by atoms with van der Waals surface area (Å²) in [5, 5.41) is 17.8. The molecule has 0 amide bonds. The van der Waals surface area contributed by atoms with Gasteiger partial charge in [0.05, 0.1) is 0 Å². The predicted octanol–water partition coefficient (Wildman–Crippen LogP) is 0.459. The Balaban J connectivity index is 2.60. The first kappa shape index (κ1) is 12.3. The van der Waals surface area contributed by atoms with Crippen LogP contribution in [-0.4, -0.2) is 52.0 Å². The highest BCUT2D eigenvalue weighted by Gasteiger charge is 2.62. The Morgan fingerprint density at radius 3 is 2.27 bits per heavy atom. The van der Waals surface area contributed by atoms with E-state index in [4.69, 9.17) is 10.2 Å². The molecule has 0 aromatic heterocycles. The van der Waals surface area contributed by atoms with Crippen LogP contribution >= 0.6 is 0 Å². The van der Waals surface area contributed by atoms with Crippen molar-refractivity contribution in [2.75, 3.05) is 13.1 Å². The fourth-order valence-electron chi connectivity index (χ4n) is 1.61. The molecule has 1 aliphatic heterocycles. The SMILES string of the molecule is CC[C@@H](C(=O)O)N1CC(O)(C(F)(F)F)C1. The maximum atomic E-state index is 12.2. The maximum Gasteiger partial charge on any atom is 0.419 e. The molecule has 1 saturated heterocycles. The van der Waals surface area contributed by atoms with E-state index in [1.165, 1.54) is 0 Å². The summed E-state index contributed by atoms with van der Waals surface area (Å²) in [6, 6.07) is -0.951. The third-order valence-corrected chi connectivity index (χ3v) is 2.57. The fraction of sp³-hybridized carbons (Fsp3) is 0.875. The molecule has 1 atom stereocenters. The number of halogens is 3. The second-order valence-corrected chi connectivity index (χ2v) is 3.70. The van der Waals surface area contributed by atoms with Crippen LogP contribution in [0.5, 0.6) is 0 Å². The van der Waals surface area contributed by atoms with Crippen LogP contribution in [0.15, 0.2) is 0 Å². The largest absolute Gasteiger partial charge is 0.480 e. The van der Waals surface area contributed by atoms with Gasteiger partial charge in [0, 0.05) is 13.1 Å². The third kappa shape index (κ3) is 2.07. The lowest BCUT2D eigenvalue weighted by Gasteiger charge is -2.49. The minimum Gasteiger partial charge on any atom is -0.480 e. The zero-order valence-electron chi connectivity index (χ0n) is 8.08. The van der Waals surface area contributed by atoms with Crippen LogP contribution in [0.25, 0.3) is 0 Å². The summed E-state index contributed by atoms with van der Waals surface area (Å²) < 4.78 is 36.6. The van der Waals surface area contributed by atoms with E-state index >= 15 is 0 Å². The first-order chi connectivity index (χ1) is 6.71. The average Bonchev–Trinajstić information content (AvgIpc) is 1.99. The van der Waals surface area contributed by atoms with Crippen molar-refractivity contribution in [1.82, 2.24) is 4.90 Å². The minimum atomic E-state index is -4.69. The van der Waals surface area contributed by atoms with Crippen molar-refractivity contribution >= 4 is 5.97 Å². The third-order valence-electron chi connectivity index (χ3n) is 2.57. The van der Waals surface area contributed by atoms with Crippen LogP contribution in [0.4, 0.5) is 13.2 Å². The lowest BCUT2D eigenvalue weighted by Crippen LogP contribution is -2.71. The van der Waals surface area contributed by atoms with Gasteiger partial charge in [-0.15, -0.1) is 0 Å². The van der Waals surface area contributed by atoms with Crippen LogP contribution in [0, 0.1) is 0 Å². The summed E-state index contributed by atoms with van der Waals surface area (Å²) in [5.41, 5.74) is -2.74. The van der Waals surface area contributed by atoms with Crippen molar-refractivity contribution in [1.29, 1.82) is 0 Å². The van der Waals surface area contributed by atoms with Gasteiger partial charge in [-0.05, 0) is 6.42 Å². The van der Waals surface area contributed by atoms with Crippen molar-refractivity contribution in [3.05, 3.63) is 0 Å². The Morgan fingerprint density at radius 2 is 2.00 bits per heavy atom. The van der Waals surface area contributed by atoms with Crippen molar-refractivity contribution in [3.63, 3.8) is 0 Å². The topological polar surface area (TPSA) is 60.8 Å². The lowest BCUT2D eigenvalue weighted by molar-refractivity contribution is -0.305. The molecule has 0 bridgehead atoms. The van der Waals surface area contributed by atoms with Crippen LogP contribution < -0.4 is 0 Å². The number of rotatable bonds is 3. The minimum absolute atomic E-state index is 0.212. The van der Waals surface area contributed by atoms with E-state index in [2.05, 4.69) is 0 Å². The number of nitrogens with zero attached hydrogens (tertiary/aromatic N) is 1. The van der Waals surface area contributed by atoms with E-state index in [9.17, 15) is 18.0 Å². The number of carboxylic acids is 1. The average molecular weight is 227 g/mol. The number of carboxylic acid groups (broad SMARTS) is 1. The number of hydrogen-bond acceptors (Lipinski definition) is 3. The molecule has 7 heteroatoms. The molecule has 1 fully saturated rings. The normalized spacial score (nSPS) is 23.3. The van der Waals surface area contributed by atoms with E-state index < -0.39 is 36.9 Å². The lowest BCUT2D eigenvalue weighted by atomic mass is 9.91. The molecule has 1 rings (SSSR count). The molecule has 15 heavy (non-hydrogen) atoms. The number of alkyl halides is 3. The molecule has 0 radical (unpaired) electrons. The van der Waals surface area contributed by atoms with Crippen molar-refractivity contribution < 1.29 is 28.2 Å². The Morgan fingerprint density at radius 1 is 1.53 bits per heavy atom. The molecule has 88 valence electrons. The molecule has 0 aromatic carbocycles. The summed E-state index contributed by atoms with van der Waals surface area (Å²) in [7, 11) is 0. The molecule has 2 N–H and O–H groups in total. The zero-order chi connectivity index (χ0) is 11.9. The highest BCUT2D eigenvalue weighted by molar-refractivity contribution is 5.73. The molecule has 0 unspecified atom stereocenters. The molecule has 0 aromatic rings. The van der Waals surface area contributed by atoms with E-state index in [1.54, 1.807) is 6.92 Å². The number of carbonyl (C=O) groups is 1. The molecule has 0 spiro atoms. The van der Waals surface area contributed by atoms with Crippen LogP contribution in [0.3, 0.4) is 0 Å². The number of likely N-dealkylation sites (tertiary alicyclic amines) is 1. The van der Waals surface area contributed by atoms with Gasteiger partial charge in [-0.3, -0.25) is 9.69 Å². The van der Waals surface area contributed by atoms with E-state index in [1.807, 2.05) is 0 Å². The summed E-state index contributed by atoms with van der Waals surface area (Å²) in [6.45, 7) is 0.242. The number of β-amino-alcohol motifs (C(OH)–C–C–N with tert-alkyl or cyclic N) is 1. The highest BCUT2D eigenvalue weighted by atomic mass is 19.4. The van der Waals surface area contributed by atoms with Gasteiger partial charge in [-0.25, -0.2) is 0 Å². The molecule has 0 aliphatic carbocycles. The second-order valence-electron chi connectivity index (χ2n) is 3.70. The molecule has 1 heterocycles. The van der Waals surface area contributed by atoms with Crippen molar-refractivity contribution in [2.24, 2.45) is 0 Å². The van der Waals surface area contributed by atoms with E-state index in [0.717, 1.165) is 4.90 Å². The van der Waals surface area contributed by atoms with Crippen molar-refractivity contribution in [3.8, 4) is 0 Å². The highest BCUT2D eigenvalue weighted by Crippen LogP contribution is 2.38. The van der Waals surface area contributed by atoms with Gasteiger partial charge in [0.1, 0.15) is 6.04 Å². The van der Waals surface area contributed by atoms with Gasteiger partial charge in [0.25, 0.3) is 0 Å². The predicted molar refractivity (Wildman–Crippen MR) is 44.3 cm³/mol. The van der Waals surface area contributed by atoms with Crippen LogP contribution in [-0.2, 0) is 4.79 Å². The maximum absolute atomic E-state index is 12.2. The Kier molecular flexibility index (Phi) is 2.97. The quantitative estimate of drug-likeness (QED) is 0.735. The zero-order valence-corrected chi connectivity index (χ0v) is 8.08. The number of aliphatic carboxylic acids is 1. The van der Waals surface area contributed by atoms with Gasteiger partial charge >= 0.3 is 12.1 Å². The summed E-state index contributed by atoms with van der Waals surface area (Å²) in [5.74, 6) is -1.17. The Labute approximate surface area is 84.3 Å². The van der Waals surface area contributed by atoms with Crippen LogP contribution in [0.2, 0.25) is 0 Å². The molecule has 4 nitrogen and oxygen atoms in total. The van der Waals surface area contributed by atoms with Gasteiger partial charge < -0.3 is 10.2 Å². The van der Waals surface area contributed by atoms with E-state index in [0.29, 0.717) is 0 Å². The van der Waals surface area contributed by atoms with Gasteiger partial charge in [0.2, 0.25) is 0 Å². The van der Waals surface area contributed by atoms with Gasteiger partial charge in [-0.1, -0.05) is 6.92 Å². The Hall–Kier alpha value is -0.820. The molecule has 1 aliphatic rings. The van der Waals surface area contributed by atoms with Gasteiger partial charge in [0.15, 0.2) is 5.60 Å². The fourth-order valence-corrected chi connectivity index (χ4v) is 1.61. The smallest absolute Gasteiger partial charge is 0.419 e. The first-order valence-electron chi connectivity index (χ1n) is 4.47. The molecule has 0 saturated carbocycles. The standard InChI is InChI=1S/C8H12F3NO3/c1-2-5(6(13)14)12-3-7(15,4-12)8(9,10)11/h5,15H,2-4H2,1H3,(H,13,14)/t5-/m0/s1. The second kappa shape index (κ2) is 3.64. The van der Waals surface area contributed by atoms with E-state index in [-0.39, 0.29) is 6.42 Å². The van der Waals surface area contributed by atoms with Gasteiger partial charge in [-0.2, -0.15) is 13.2 Å². The first-order valence-corrected chi connectivity index (χ1v) is 4.47. The molecular formula is C8H12F3NO3. The monoisotopic (exact) mass is 227 g/mol. The summed E-state index contributed by atoms with van der Waals surface area (Å²) in [6.07, 6.45) is -4.48. The number of hydrogen-bond donors (Lipinski definition) is 2. The van der Waals surface area contributed by atoms with Crippen LogP contribution in [0.1, 0.15) is 13.3 Å². The Bertz CT molecular complexity index is 260. The van der Waals surface area contributed by atoms with Crippen molar-refractivity contribution in [2.45, 2.75) is 31.2 Å². The number of aliphatic hydroxyl groups is 1.